The third-order valence-corrected chi connectivity index (χ3v) is 4.40. The molecule has 1 unspecified atom stereocenters. The lowest BCUT2D eigenvalue weighted by Crippen LogP contribution is -2.53. The molecule has 6 heteroatoms. The highest BCUT2D eigenvalue weighted by Gasteiger charge is 2.27. The van der Waals surface area contributed by atoms with Gasteiger partial charge in [-0.05, 0) is 29.3 Å². The second-order valence-electron chi connectivity index (χ2n) is 4.62. The number of aromatic nitrogens is 2. The molecule has 1 N–H and O–H groups in total. The first-order chi connectivity index (χ1) is 8.54. The fraction of sp³-hybridized carbons (Fsp3) is 0.667. The maximum absolute atomic E-state index is 11.6. The molecule has 1 atom stereocenters. The number of hydrogen-bond acceptors (Lipinski definition) is 3. The smallest absolute Gasteiger partial charge is 0.237 e. The van der Waals surface area contributed by atoms with E-state index in [0.29, 0.717) is 0 Å². The van der Waals surface area contributed by atoms with Crippen molar-refractivity contribution in [1.82, 2.24) is 20.0 Å². The molecule has 0 aliphatic carbocycles. The predicted octanol–water partition coefficient (Wildman–Crippen LogP) is 1.07. The number of amides is 1. The van der Waals surface area contributed by atoms with Crippen molar-refractivity contribution < 1.29 is 4.79 Å². The van der Waals surface area contributed by atoms with Gasteiger partial charge in [-0.15, -0.1) is 0 Å². The van der Waals surface area contributed by atoms with Gasteiger partial charge in [0.05, 0.1) is 21.9 Å². The fourth-order valence-electron chi connectivity index (χ4n) is 2.23. The highest BCUT2D eigenvalue weighted by atomic mass is 79.9. The average Bonchev–Trinajstić information content (AvgIpc) is 2.62. The monoisotopic (exact) mass is 314 g/mol. The topological polar surface area (TPSA) is 50.2 Å². The van der Waals surface area contributed by atoms with E-state index in [1.165, 1.54) is 0 Å². The second kappa shape index (κ2) is 5.40. The molecule has 100 valence electrons. The Morgan fingerprint density at radius 3 is 2.89 bits per heavy atom. The maximum atomic E-state index is 11.6. The van der Waals surface area contributed by atoms with Crippen LogP contribution in [0.1, 0.15) is 25.2 Å². The molecule has 5 nitrogen and oxygen atoms in total. The van der Waals surface area contributed by atoms with Crippen LogP contribution in [0.3, 0.4) is 0 Å². The van der Waals surface area contributed by atoms with E-state index in [1.54, 1.807) is 0 Å². The molecule has 1 saturated heterocycles. The minimum Gasteiger partial charge on any atom is -0.353 e. The molecule has 1 aliphatic rings. The van der Waals surface area contributed by atoms with Crippen LogP contribution in [0.2, 0.25) is 0 Å². The first-order valence-electron chi connectivity index (χ1n) is 6.26. The molecule has 1 aliphatic heterocycles. The Hall–Kier alpha value is -0.880. The summed E-state index contributed by atoms with van der Waals surface area (Å²) in [6.45, 7) is 6.39. The van der Waals surface area contributed by atoms with Crippen LogP contribution in [0.25, 0.3) is 0 Å². The molecule has 1 fully saturated rings. The van der Waals surface area contributed by atoms with Crippen LogP contribution in [0.4, 0.5) is 0 Å². The van der Waals surface area contributed by atoms with Gasteiger partial charge in [0.1, 0.15) is 0 Å². The Kier molecular flexibility index (Phi) is 4.07. The standard InChI is InChI=1S/C12H19BrN4O/c1-4-9-11(13)10(16(3)15-9)7-17-6-5-14-12(18)8(17)2/h8H,4-7H2,1-3H3,(H,14,18). The number of carbonyl (C=O) groups excluding carboxylic acids is 1. The van der Waals surface area contributed by atoms with E-state index in [2.05, 4.69) is 38.2 Å². The van der Waals surface area contributed by atoms with E-state index >= 15 is 0 Å². The number of nitrogens with one attached hydrogen (secondary N) is 1. The lowest BCUT2D eigenvalue weighted by atomic mass is 10.2. The highest BCUT2D eigenvalue weighted by Crippen LogP contribution is 2.23. The van der Waals surface area contributed by atoms with E-state index in [9.17, 15) is 4.79 Å². The number of carbonyl (C=O) groups is 1. The van der Waals surface area contributed by atoms with Crippen LogP contribution in [-0.2, 0) is 24.8 Å². The third-order valence-electron chi connectivity index (χ3n) is 3.48. The number of piperazine rings is 1. The molecule has 2 heterocycles. The molecule has 0 saturated carbocycles. The number of hydrogen-bond donors (Lipinski definition) is 1. The van der Waals surface area contributed by atoms with Crippen molar-refractivity contribution in [1.29, 1.82) is 0 Å². The highest BCUT2D eigenvalue weighted by molar-refractivity contribution is 9.10. The van der Waals surface area contributed by atoms with E-state index in [-0.39, 0.29) is 11.9 Å². The van der Waals surface area contributed by atoms with Gasteiger partial charge >= 0.3 is 0 Å². The first-order valence-corrected chi connectivity index (χ1v) is 7.05. The molecule has 1 amide bonds. The normalized spacial score (nSPS) is 21.1. The van der Waals surface area contributed by atoms with Gasteiger partial charge in [0.2, 0.25) is 5.91 Å². The van der Waals surface area contributed by atoms with Crippen LogP contribution in [0, 0.1) is 0 Å². The van der Waals surface area contributed by atoms with Gasteiger partial charge in [0.25, 0.3) is 0 Å². The Balaban J connectivity index is 2.18. The van der Waals surface area contributed by atoms with E-state index in [4.69, 9.17) is 0 Å². The Labute approximate surface area is 116 Å². The molecule has 2 rings (SSSR count). The largest absolute Gasteiger partial charge is 0.353 e. The zero-order chi connectivity index (χ0) is 13.3. The Morgan fingerprint density at radius 2 is 2.28 bits per heavy atom. The van der Waals surface area contributed by atoms with E-state index < -0.39 is 0 Å². The maximum Gasteiger partial charge on any atom is 0.237 e. The predicted molar refractivity (Wildman–Crippen MR) is 73.2 cm³/mol. The number of rotatable bonds is 3. The van der Waals surface area contributed by atoms with Crippen molar-refractivity contribution in [2.45, 2.75) is 32.9 Å². The average molecular weight is 315 g/mol. The fourth-order valence-corrected chi connectivity index (χ4v) is 2.97. The van der Waals surface area contributed by atoms with Gasteiger partial charge in [-0.25, -0.2) is 0 Å². The van der Waals surface area contributed by atoms with Crippen molar-refractivity contribution in [2.24, 2.45) is 7.05 Å². The molecular formula is C12H19BrN4O. The summed E-state index contributed by atoms with van der Waals surface area (Å²) in [6, 6.07) is -0.0781. The van der Waals surface area contributed by atoms with Crippen LogP contribution < -0.4 is 5.32 Å². The van der Waals surface area contributed by atoms with Gasteiger partial charge in [-0.3, -0.25) is 14.4 Å². The molecule has 1 aromatic heterocycles. The molecule has 0 spiro atoms. The lowest BCUT2D eigenvalue weighted by Gasteiger charge is -2.32. The molecule has 1 aromatic rings. The molecule has 18 heavy (non-hydrogen) atoms. The molecule has 0 bridgehead atoms. The molecule has 0 radical (unpaired) electrons. The first kappa shape index (κ1) is 13.5. The Bertz CT molecular complexity index is 457. The number of aryl methyl sites for hydroxylation is 2. The minimum atomic E-state index is -0.0781. The summed E-state index contributed by atoms with van der Waals surface area (Å²) in [5.74, 6) is 0.107. The van der Waals surface area contributed by atoms with Crippen LogP contribution in [-0.4, -0.2) is 39.7 Å². The van der Waals surface area contributed by atoms with E-state index in [0.717, 1.165) is 41.9 Å². The van der Waals surface area contributed by atoms with Gasteiger partial charge in [-0.1, -0.05) is 6.92 Å². The summed E-state index contributed by atoms with van der Waals surface area (Å²) < 4.78 is 2.98. The second-order valence-corrected chi connectivity index (χ2v) is 5.42. The summed E-state index contributed by atoms with van der Waals surface area (Å²) in [5.41, 5.74) is 2.20. The summed E-state index contributed by atoms with van der Waals surface area (Å²) >= 11 is 3.61. The van der Waals surface area contributed by atoms with Crippen LogP contribution in [0.15, 0.2) is 4.47 Å². The van der Waals surface area contributed by atoms with Crippen molar-refractivity contribution in [3.8, 4) is 0 Å². The lowest BCUT2D eigenvalue weighted by molar-refractivity contribution is -0.128. The summed E-state index contributed by atoms with van der Waals surface area (Å²) in [5, 5.41) is 7.36. The zero-order valence-electron chi connectivity index (χ0n) is 11.0. The summed E-state index contributed by atoms with van der Waals surface area (Å²) in [6.07, 6.45) is 0.907. The van der Waals surface area contributed by atoms with E-state index in [1.807, 2.05) is 18.7 Å². The van der Waals surface area contributed by atoms with Gasteiger partial charge < -0.3 is 5.32 Å². The van der Waals surface area contributed by atoms with Gasteiger partial charge in [0.15, 0.2) is 0 Å². The van der Waals surface area contributed by atoms with Crippen LogP contribution in [0.5, 0.6) is 0 Å². The zero-order valence-corrected chi connectivity index (χ0v) is 12.6. The molecule has 0 aromatic carbocycles. The van der Waals surface area contributed by atoms with Crippen molar-refractivity contribution >= 4 is 21.8 Å². The van der Waals surface area contributed by atoms with Gasteiger partial charge in [0, 0.05) is 26.7 Å². The number of nitrogens with zero attached hydrogens (tertiary/aromatic N) is 3. The van der Waals surface area contributed by atoms with Crippen molar-refractivity contribution in [3.63, 3.8) is 0 Å². The van der Waals surface area contributed by atoms with Crippen molar-refractivity contribution in [3.05, 3.63) is 15.9 Å². The number of halogens is 1. The SMILES string of the molecule is CCc1nn(C)c(CN2CCNC(=O)C2C)c1Br. The van der Waals surface area contributed by atoms with Crippen LogP contribution >= 0.6 is 15.9 Å². The Morgan fingerprint density at radius 1 is 1.56 bits per heavy atom. The third kappa shape index (κ3) is 2.44. The van der Waals surface area contributed by atoms with Gasteiger partial charge in [-0.2, -0.15) is 5.10 Å². The summed E-state index contributed by atoms with van der Waals surface area (Å²) in [4.78, 5) is 13.8. The summed E-state index contributed by atoms with van der Waals surface area (Å²) in [7, 11) is 1.95. The molecular weight excluding hydrogens is 296 g/mol. The quantitative estimate of drug-likeness (QED) is 0.908. The van der Waals surface area contributed by atoms with Crippen molar-refractivity contribution in [2.75, 3.05) is 13.1 Å². The minimum absolute atomic E-state index is 0.0781.